The van der Waals surface area contributed by atoms with Gasteiger partial charge in [-0.2, -0.15) is 5.10 Å². The van der Waals surface area contributed by atoms with Gasteiger partial charge in [-0.25, -0.2) is 15.0 Å². The van der Waals surface area contributed by atoms with Crippen molar-refractivity contribution in [1.29, 1.82) is 5.41 Å². The van der Waals surface area contributed by atoms with Crippen LogP contribution in [0.3, 0.4) is 0 Å². The zero-order valence-corrected chi connectivity index (χ0v) is 28.6. The summed E-state index contributed by atoms with van der Waals surface area (Å²) >= 11 is 0. The summed E-state index contributed by atoms with van der Waals surface area (Å²) in [6, 6.07) is 57.4. The van der Waals surface area contributed by atoms with Gasteiger partial charge in [-0.05, 0) is 75.0 Å². The number of para-hydroxylation sites is 1. The SMILES string of the molecule is N=C1/C(=N\Nc2ccccc2)C=Cc2ccc3ccc(-c4cccc(-c5nc(-c6ccccc6)nc(-c6cccc(-c7ccccc7)c6)n5)c4)cc3c21. The molecule has 0 saturated heterocycles. The van der Waals surface area contributed by atoms with Crippen molar-refractivity contribution in [3.63, 3.8) is 0 Å². The second kappa shape index (κ2) is 13.8. The van der Waals surface area contributed by atoms with Gasteiger partial charge in [-0.15, -0.1) is 0 Å². The average Bonchev–Trinajstić information content (AvgIpc) is 3.24. The molecule has 0 unspecified atom stereocenters. The Hall–Kier alpha value is -7.31. The molecule has 6 nitrogen and oxygen atoms in total. The minimum atomic E-state index is 0.380. The first-order chi connectivity index (χ1) is 26.2. The van der Waals surface area contributed by atoms with Crippen molar-refractivity contribution in [2.75, 3.05) is 5.43 Å². The van der Waals surface area contributed by atoms with Crippen molar-refractivity contribution in [3.05, 3.63) is 187 Å². The molecule has 0 atom stereocenters. The first-order valence-corrected chi connectivity index (χ1v) is 17.5. The molecule has 7 aromatic carbocycles. The summed E-state index contributed by atoms with van der Waals surface area (Å²) < 4.78 is 0. The Morgan fingerprint density at radius 2 is 0.943 bits per heavy atom. The number of benzene rings is 7. The van der Waals surface area contributed by atoms with Gasteiger partial charge < -0.3 is 0 Å². The highest BCUT2D eigenvalue weighted by molar-refractivity contribution is 6.55. The van der Waals surface area contributed by atoms with E-state index in [1.807, 2.05) is 115 Å². The number of hydrogen-bond acceptors (Lipinski definition) is 6. The van der Waals surface area contributed by atoms with Crippen LogP contribution in [-0.4, -0.2) is 26.4 Å². The van der Waals surface area contributed by atoms with Crippen LogP contribution in [0.1, 0.15) is 11.1 Å². The first-order valence-electron chi connectivity index (χ1n) is 17.5. The zero-order valence-electron chi connectivity index (χ0n) is 28.6. The molecule has 250 valence electrons. The average molecular weight is 681 g/mol. The topological polar surface area (TPSA) is 86.9 Å². The lowest BCUT2D eigenvalue weighted by Gasteiger charge is -2.17. The minimum Gasteiger partial charge on any atom is -0.298 e. The van der Waals surface area contributed by atoms with Gasteiger partial charge in [0.15, 0.2) is 17.5 Å². The van der Waals surface area contributed by atoms with E-state index < -0.39 is 0 Å². The molecule has 8 aromatic rings. The van der Waals surface area contributed by atoms with E-state index >= 15 is 0 Å². The van der Waals surface area contributed by atoms with E-state index in [2.05, 4.69) is 77.3 Å². The molecule has 0 radical (unpaired) electrons. The van der Waals surface area contributed by atoms with E-state index in [9.17, 15) is 5.41 Å². The Morgan fingerprint density at radius 3 is 1.60 bits per heavy atom. The second-order valence-electron chi connectivity index (χ2n) is 12.8. The van der Waals surface area contributed by atoms with Crippen molar-refractivity contribution >= 4 is 34.0 Å². The van der Waals surface area contributed by atoms with E-state index in [-0.39, 0.29) is 0 Å². The van der Waals surface area contributed by atoms with Gasteiger partial charge in [0.2, 0.25) is 0 Å². The smallest absolute Gasteiger partial charge is 0.164 e. The number of nitrogens with one attached hydrogen (secondary N) is 2. The molecule has 6 heteroatoms. The minimum absolute atomic E-state index is 0.380. The van der Waals surface area contributed by atoms with Crippen LogP contribution in [0.15, 0.2) is 181 Å². The van der Waals surface area contributed by atoms with Crippen LogP contribution in [0.4, 0.5) is 5.69 Å². The molecule has 0 amide bonds. The normalized spacial score (nSPS) is 12.9. The third kappa shape index (κ3) is 6.41. The van der Waals surface area contributed by atoms with Gasteiger partial charge in [0.25, 0.3) is 0 Å². The molecule has 2 N–H and O–H groups in total. The van der Waals surface area contributed by atoms with Crippen molar-refractivity contribution < 1.29 is 0 Å². The molecule has 1 aliphatic carbocycles. The van der Waals surface area contributed by atoms with Crippen molar-refractivity contribution in [1.82, 2.24) is 15.0 Å². The number of allylic oxidation sites excluding steroid dienone is 1. The Morgan fingerprint density at radius 1 is 0.434 bits per heavy atom. The number of nitrogens with zero attached hydrogens (tertiary/aromatic N) is 4. The largest absolute Gasteiger partial charge is 0.298 e. The first kappa shape index (κ1) is 31.7. The third-order valence-electron chi connectivity index (χ3n) is 9.41. The summed E-state index contributed by atoms with van der Waals surface area (Å²) in [5, 5.41) is 15.8. The maximum absolute atomic E-state index is 9.20. The molecule has 0 fully saturated rings. The third-order valence-corrected chi connectivity index (χ3v) is 9.41. The fraction of sp³-hybridized carbons (Fsp3) is 0. The molecule has 1 heterocycles. The lowest BCUT2D eigenvalue weighted by molar-refractivity contribution is 1.07. The van der Waals surface area contributed by atoms with E-state index in [1.165, 1.54) is 0 Å². The van der Waals surface area contributed by atoms with Crippen LogP contribution in [0, 0.1) is 5.41 Å². The predicted molar refractivity (Wildman–Crippen MR) is 218 cm³/mol. The van der Waals surface area contributed by atoms with Gasteiger partial charge >= 0.3 is 0 Å². The molecule has 1 aliphatic rings. The fourth-order valence-corrected chi connectivity index (χ4v) is 6.70. The molecule has 0 spiro atoms. The second-order valence-corrected chi connectivity index (χ2v) is 12.8. The Bertz CT molecular complexity index is 2700. The zero-order chi connectivity index (χ0) is 35.6. The molecule has 9 rings (SSSR count). The summed E-state index contributed by atoms with van der Waals surface area (Å²) in [6.45, 7) is 0. The van der Waals surface area contributed by atoms with Gasteiger partial charge in [-0.1, -0.05) is 146 Å². The van der Waals surface area contributed by atoms with Crippen LogP contribution >= 0.6 is 0 Å². The van der Waals surface area contributed by atoms with E-state index in [1.54, 1.807) is 0 Å². The molecule has 1 aromatic heterocycles. The number of rotatable bonds is 7. The summed E-state index contributed by atoms with van der Waals surface area (Å²) in [5.41, 5.74) is 13.8. The molecule has 53 heavy (non-hydrogen) atoms. The quantitative estimate of drug-likeness (QED) is 0.164. The molecule has 0 aliphatic heterocycles. The predicted octanol–water partition coefficient (Wildman–Crippen LogP) is 11.2. The highest BCUT2D eigenvalue weighted by Gasteiger charge is 2.20. The van der Waals surface area contributed by atoms with E-state index in [0.29, 0.717) is 28.9 Å². The Balaban J connectivity index is 1.11. The standard InChI is InChI=1S/C47H32N6/c48-44-42(53-52-40-20-8-3-9-21-40)27-26-33-24-22-32-23-25-37(30-41(32)43(33)44)36-17-11-19-39(29-36)47-50-45(34-14-6-2-7-15-34)49-46(51-47)38-18-10-16-35(28-38)31-12-4-1-5-13-31/h1-30,48,52H/b48-44?,53-42-. The highest BCUT2D eigenvalue weighted by Crippen LogP contribution is 2.34. The van der Waals surface area contributed by atoms with Crippen LogP contribution in [0.25, 0.3) is 73.3 Å². The summed E-state index contributed by atoms with van der Waals surface area (Å²) in [7, 11) is 0. The number of hydrazone groups is 1. The maximum Gasteiger partial charge on any atom is 0.164 e. The fourth-order valence-electron chi connectivity index (χ4n) is 6.70. The number of anilines is 1. The molecular formula is C47H32N6. The Labute approximate surface area is 307 Å². The van der Waals surface area contributed by atoms with Gasteiger partial charge in [0, 0.05) is 22.3 Å². The van der Waals surface area contributed by atoms with Crippen LogP contribution in [0.5, 0.6) is 0 Å². The van der Waals surface area contributed by atoms with Gasteiger partial charge in [0.05, 0.1) is 11.4 Å². The highest BCUT2D eigenvalue weighted by atomic mass is 15.3. The monoisotopic (exact) mass is 680 g/mol. The number of aromatic nitrogens is 3. The maximum atomic E-state index is 9.20. The van der Waals surface area contributed by atoms with Crippen LogP contribution < -0.4 is 5.43 Å². The number of hydrogen-bond donors (Lipinski definition) is 2. The summed E-state index contributed by atoms with van der Waals surface area (Å²) in [5.74, 6) is 1.82. The van der Waals surface area contributed by atoms with Crippen molar-refractivity contribution in [2.24, 2.45) is 5.10 Å². The summed E-state index contributed by atoms with van der Waals surface area (Å²) in [6.07, 6.45) is 3.92. The van der Waals surface area contributed by atoms with Crippen molar-refractivity contribution in [3.8, 4) is 56.4 Å². The van der Waals surface area contributed by atoms with Crippen LogP contribution in [-0.2, 0) is 0 Å². The molecular weight excluding hydrogens is 649 g/mol. The van der Waals surface area contributed by atoms with E-state index in [0.717, 1.165) is 66.5 Å². The van der Waals surface area contributed by atoms with Crippen LogP contribution in [0.2, 0.25) is 0 Å². The van der Waals surface area contributed by atoms with Gasteiger partial charge in [0.1, 0.15) is 5.71 Å². The number of fused-ring (bicyclic) bond motifs is 3. The van der Waals surface area contributed by atoms with Gasteiger partial charge in [-0.3, -0.25) is 10.8 Å². The Kier molecular flexibility index (Phi) is 8.23. The van der Waals surface area contributed by atoms with E-state index in [4.69, 9.17) is 15.0 Å². The lowest BCUT2D eigenvalue weighted by Crippen LogP contribution is -2.18. The lowest BCUT2D eigenvalue weighted by atomic mass is 9.88. The van der Waals surface area contributed by atoms with Crippen molar-refractivity contribution in [2.45, 2.75) is 0 Å². The molecule has 0 saturated carbocycles. The molecule has 0 bridgehead atoms. The summed E-state index contributed by atoms with van der Waals surface area (Å²) in [4.78, 5) is 15.0.